The molecule has 1 unspecified atom stereocenters. The van der Waals surface area contributed by atoms with Crippen LogP contribution in [0.4, 0.5) is 0 Å². The number of ether oxygens (including phenoxy) is 1. The van der Waals surface area contributed by atoms with Crippen LogP contribution in [-0.2, 0) is 14.3 Å². The summed E-state index contributed by atoms with van der Waals surface area (Å²) in [6, 6.07) is 0. The summed E-state index contributed by atoms with van der Waals surface area (Å²) < 4.78 is 4.66. The summed E-state index contributed by atoms with van der Waals surface area (Å²) in [5.41, 5.74) is -0.247. The molecule has 1 saturated carbocycles. The van der Waals surface area contributed by atoms with Crippen LogP contribution in [0.2, 0.25) is 0 Å². The first kappa shape index (κ1) is 11.2. The zero-order valence-corrected chi connectivity index (χ0v) is 9.29. The van der Waals surface area contributed by atoms with Crippen molar-refractivity contribution in [1.29, 1.82) is 0 Å². The van der Waals surface area contributed by atoms with Crippen molar-refractivity contribution in [3.63, 3.8) is 0 Å². The minimum absolute atomic E-state index is 0.0207. The standard InChI is InChI=1S/C11H18O3/c1-7(2)8(10(13)14-4)9(12)11(3)5-6-11/h7-8H,5-6H2,1-4H3. The third-order valence-electron chi connectivity index (χ3n) is 3.00. The van der Waals surface area contributed by atoms with E-state index < -0.39 is 11.9 Å². The fourth-order valence-electron chi connectivity index (χ4n) is 1.62. The van der Waals surface area contributed by atoms with E-state index in [2.05, 4.69) is 4.74 Å². The highest BCUT2D eigenvalue weighted by molar-refractivity contribution is 6.03. The van der Waals surface area contributed by atoms with Gasteiger partial charge in [-0.05, 0) is 18.8 Å². The molecule has 1 atom stereocenters. The SMILES string of the molecule is COC(=O)C(C(=O)C1(C)CC1)C(C)C. The maximum absolute atomic E-state index is 12.0. The average molecular weight is 198 g/mol. The first-order valence-corrected chi connectivity index (χ1v) is 5.04. The smallest absolute Gasteiger partial charge is 0.316 e. The quantitative estimate of drug-likeness (QED) is 0.511. The molecule has 0 aromatic rings. The second-order valence-corrected chi connectivity index (χ2v) is 4.67. The number of carbonyl (C=O) groups excluding carboxylic acids is 2. The molecule has 3 heteroatoms. The highest BCUT2D eigenvalue weighted by Gasteiger charge is 2.50. The van der Waals surface area contributed by atoms with Gasteiger partial charge in [-0.3, -0.25) is 9.59 Å². The molecule has 0 spiro atoms. The van der Waals surface area contributed by atoms with Crippen LogP contribution < -0.4 is 0 Å². The molecular formula is C11H18O3. The molecule has 0 amide bonds. The van der Waals surface area contributed by atoms with Crippen LogP contribution in [0.5, 0.6) is 0 Å². The number of esters is 1. The molecule has 1 rings (SSSR count). The third kappa shape index (κ3) is 1.97. The van der Waals surface area contributed by atoms with Crippen LogP contribution in [0.1, 0.15) is 33.6 Å². The van der Waals surface area contributed by atoms with Crippen LogP contribution in [0, 0.1) is 17.3 Å². The molecule has 0 bridgehead atoms. The Morgan fingerprint density at radius 1 is 1.29 bits per heavy atom. The molecule has 14 heavy (non-hydrogen) atoms. The molecule has 1 aliphatic carbocycles. The average Bonchev–Trinajstić information content (AvgIpc) is 2.84. The lowest BCUT2D eigenvalue weighted by molar-refractivity contribution is -0.152. The van der Waals surface area contributed by atoms with Crippen molar-refractivity contribution >= 4 is 11.8 Å². The van der Waals surface area contributed by atoms with E-state index in [-0.39, 0.29) is 17.1 Å². The lowest BCUT2D eigenvalue weighted by atomic mass is 9.84. The minimum atomic E-state index is -0.576. The van der Waals surface area contributed by atoms with Crippen LogP contribution in [0.3, 0.4) is 0 Å². The van der Waals surface area contributed by atoms with Gasteiger partial charge in [-0.2, -0.15) is 0 Å². The highest BCUT2D eigenvalue weighted by atomic mass is 16.5. The Morgan fingerprint density at radius 2 is 1.79 bits per heavy atom. The molecule has 0 aromatic heterocycles. The van der Waals surface area contributed by atoms with Gasteiger partial charge in [0.05, 0.1) is 7.11 Å². The van der Waals surface area contributed by atoms with Gasteiger partial charge < -0.3 is 4.74 Å². The van der Waals surface area contributed by atoms with E-state index in [1.54, 1.807) is 0 Å². The zero-order valence-electron chi connectivity index (χ0n) is 9.29. The van der Waals surface area contributed by atoms with Gasteiger partial charge in [0.2, 0.25) is 0 Å². The minimum Gasteiger partial charge on any atom is -0.468 e. The normalized spacial score (nSPS) is 20.4. The Balaban J connectivity index is 2.77. The van der Waals surface area contributed by atoms with Crippen LogP contribution in [0.15, 0.2) is 0 Å². The summed E-state index contributed by atoms with van der Waals surface area (Å²) >= 11 is 0. The van der Waals surface area contributed by atoms with Crippen molar-refractivity contribution in [2.75, 3.05) is 7.11 Å². The number of hydrogen-bond acceptors (Lipinski definition) is 3. The monoisotopic (exact) mass is 198 g/mol. The number of carbonyl (C=O) groups is 2. The topological polar surface area (TPSA) is 43.4 Å². The van der Waals surface area contributed by atoms with Crippen molar-refractivity contribution in [3.8, 4) is 0 Å². The van der Waals surface area contributed by atoms with Gasteiger partial charge in [-0.25, -0.2) is 0 Å². The summed E-state index contributed by atoms with van der Waals surface area (Å²) in [5.74, 6) is -0.891. The maximum Gasteiger partial charge on any atom is 0.316 e. The van der Waals surface area contributed by atoms with Crippen molar-refractivity contribution in [2.45, 2.75) is 33.6 Å². The van der Waals surface area contributed by atoms with E-state index in [9.17, 15) is 9.59 Å². The second kappa shape index (κ2) is 3.71. The lowest BCUT2D eigenvalue weighted by Gasteiger charge is -2.20. The van der Waals surface area contributed by atoms with Gasteiger partial charge in [0.15, 0.2) is 5.78 Å². The third-order valence-corrected chi connectivity index (χ3v) is 3.00. The van der Waals surface area contributed by atoms with Gasteiger partial charge in [0.1, 0.15) is 5.92 Å². The van der Waals surface area contributed by atoms with Crippen molar-refractivity contribution < 1.29 is 14.3 Å². The van der Waals surface area contributed by atoms with Gasteiger partial charge >= 0.3 is 5.97 Å². The Morgan fingerprint density at radius 3 is 2.07 bits per heavy atom. The summed E-state index contributed by atoms with van der Waals surface area (Å²) in [6.45, 7) is 5.68. The highest BCUT2D eigenvalue weighted by Crippen LogP contribution is 2.48. The van der Waals surface area contributed by atoms with Crippen molar-refractivity contribution in [1.82, 2.24) is 0 Å². The summed E-state index contributed by atoms with van der Waals surface area (Å²) in [4.78, 5) is 23.4. The van der Waals surface area contributed by atoms with E-state index in [0.717, 1.165) is 12.8 Å². The second-order valence-electron chi connectivity index (χ2n) is 4.67. The molecule has 0 N–H and O–H groups in total. The fraction of sp³-hybridized carbons (Fsp3) is 0.818. The largest absolute Gasteiger partial charge is 0.468 e. The first-order chi connectivity index (χ1) is 6.42. The Bertz CT molecular complexity index is 251. The number of methoxy groups -OCH3 is 1. The lowest BCUT2D eigenvalue weighted by Crippen LogP contribution is -2.34. The summed E-state index contributed by atoms with van der Waals surface area (Å²) in [6.07, 6.45) is 1.82. The Kier molecular flexibility index (Phi) is 2.98. The molecular weight excluding hydrogens is 180 g/mol. The molecule has 1 aliphatic rings. The summed E-state index contributed by atoms with van der Waals surface area (Å²) in [7, 11) is 1.33. The maximum atomic E-state index is 12.0. The number of Topliss-reactive ketones (excluding diaryl/α,β-unsaturated/α-hetero) is 1. The van der Waals surface area contributed by atoms with Crippen LogP contribution in [-0.4, -0.2) is 18.9 Å². The van der Waals surface area contributed by atoms with E-state index in [0.29, 0.717) is 0 Å². The molecule has 1 fully saturated rings. The van der Waals surface area contributed by atoms with E-state index >= 15 is 0 Å². The molecule has 80 valence electrons. The predicted octanol–water partition coefficient (Wildman–Crippen LogP) is 1.80. The van der Waals surface area contributed by atoms with Crippen LogP contribution >= 0.6 is 0 Å². The molecule has 0 aromatic carbocycles. The van der Waals surface area contributed by atoms with Gasteiger partial charge in [-0.15, -0.1) is 0 Å². The predicted molar refractivity (Wildman–Crippen MR) is 52.7 cm³/mol. The van der Waals surface area contributed by atoms with E-state index in [1.165, 1.54) is 7.11 Å². The molecule has 0 heterocycles. The van der Waals surface area contributed by atoms with Gasteiger partial charge in [0.25, 0.3) is 0 Å². The number of ketones is 1. The molecule has 0 saturated heterocycles. The van der Waals surface area contributed by atoms with E-state index in [4.69, 9.17) is 0 Å². The van der Waals surface area contributed by atoms with Crippen molar-refractivity contribution in [2.24, 2.45) is 17.3 Å². The number of rotatable bonds is 4. The zero-order chi connectivity index (χ0) is 10.9. The Hall–Kier alpha value is -0.860. The summed E-state index contributed by atoms with van der Waals surface area (Å²) in [5, 5.41) is 0. The van der Waals surface area contributed by atoms with E-state index in [1.807, 2.05) is 20.8 Å². The molecule has 0 aliphatic heterocycles. The van der Waals surface area contributed by atoms with Crippen molar-refractivity contribution in [3.05, 3.63) is 0 Å². The van der Waals surface area contributed by atoms with Crippen LogP contribution in [0.25, 0.3) is 0 Å². The molecule has 3 nitrogen and oxygen atoms in total. The first-order valence-electron chi connectivity index (χ1n) is 5.04. The number of hydrogen-bond donors (Lipinski definition) is 0. The Labute approximate surface area is 84.8 Å². The fourth-order valence-corrected chi connectivity index (χ4v) is 1.62. The van der Waals surface area contributed by atoms with Gasteiger partial charge in [0, 0.05) is 5.41 Å². The molecule has 0 radical (unpaired) electrons. The van der Waals surface area contributed by atoms with Gasteiger partial charge in [-0.1, -0.05) is 20.8 Å².